The van der Waals surface area contributed by atoms with Crippen LogP contribution in [0.25, 0.3) is 0 Å². The van der Waals surface area contributed by atoms with Crippen molar-refractivity contribution in [2.45, 2.75) is 37.8 Å². The first kappa shape index (κ1) is 23.9. The van der Waals surface area contributed by atoms with Crippen molar-refractivity contribution in [2.24, 2.45) is 0 Å². The van der Waals surface area contributed by atoms with Crippen molar-refractivity contribution in [1.82, 2.24) is 25.0 Å². The van der Waals surface area contributed by atoms with Crippen molar-refractivity contribution in [3.8, 4) is 5.75 Å². The summed E-state index contributed by atoms with van der Waals surface area (Å²) in [6.07, 6.45) is 1.25. The fraction of sp³-hybridized carbons (Fsp3) is 0.320. The zero-order chi connectivity index (χ0) is 24.9. The lowest BCUT2D eigenvalue weighted by Crippen LogP contribution is -2.45. The van der Waals surface area contributed by atoms with Gasteiger partial charge in [-0.25, -0.2) is 9.59 Å². The van der Waals surface area contributed by atoms with Gasteiger partial charge in [0.25, 0.3) is 0 Å². The molecule has 2 heterocycles. The van der Waals surface area contributed by atoms with E-state index in [1.54, 1.807) is 38.4 Å². The van der Waals surface area contributed by atoms with Crippen molar-refractivity contribution >= 4 is 18.0 Å². The molecule has 4 rings (SSSR count). The summed E-state index contributed by atoms with van der Waals surface area (Å²) in [5.74, 6) is 0.250. The highest BCUT2D eigenvalue weighted by Crippen LogP contribution is 2.27. The zero-order valence-electron chi connectivity index (χ0n) is 19.5. The second-order valence-electron chi connectivity index (χ2n) is 8.63. The van der Waals surface area contributed by atoms with Gasteiger partial charge in [0.05, 0.1) is 0 Å². The van der Waals surface area contributed by atoms with E-state index in [1.807, 2.05) is 34.9 Å². The molecule has 182 valence electrons. The predicted octanol–water partition coefficient (Wildman–Crippen LogP) is 2.23. The van der Waals surface area contributed by atoms with Crippen LogP contribution in [0.3, 0.4) is 0 Å². The fourth-order valence-corrected chi connectivity index (χ4v) is 4.02. The molecule has 2 unspecified atom stereocenters. The van der Waals surface area contributed by atoms with Gasteiger partial charge >= 0.3 is 12.1 Å². The minimum absolute atomic E-state index is 0.0849. The van der Waals surface area contributed by atoms with Crippen LogP contribution in [0.15, 0.2) is 54.6 Å². The number of nitrogens with one attached hydrogen (secondary N) is 1. The highest BCUT2D eigenvalue weighted by molar-refractivity contribution is 5.86. The number of carboxylic acid groups (broad SMARTS) is 1. The summed E-state index contributed by atoms with van der Waals surface area (Å²) in [4.78, 5) is 38.0. The van der Waals surface area contributed by atoms with E-state index in [-0.39, 0.29) is 12.3 Å². The predicted molar refractivity (Wildman–Crippen MR) is 126 cm³/mol. The van der Waals surface area contributed by atoms with Gasteiger partial charge in [-0.3, -0.25) is 4.79 Å². The van der Waals surface area contributed by atoms with Crippen molar-refractivity contribution in [3.63, 3.8) is 0 Å². The third kappa shape index (κ3) is 5.65. The van der Waals surface area contributed by atoms with Crippen LogP contribution in [0.4, 0.5) is 4.79 Å². The number of aryl methyl sites for hydroxylation is 1. The molecule has 0 spiro atoms. The van der Waals surface area contributed by atoms with Gasteiger partial charge in [-0.05, 0) is 29.7 Å². The van der Waals surface area contributed by atoms with Gasteiger partial charge in [0.2, 0.25) is 5.91 Å². The van der Waals surface area contributed by atoms with Gasteiger partial charge in [-0.15, -0.1) is 10.2 Å². The third-order valence-corrected chi connectivity index (χ3v) is 5.85. The Labute approximate surface area is 202 Å². The maximum Gasteiger partial charge on any atom is 0.414 e. The normalized spacial score (nSPS) is 15.2. The number of benzene rings is 2. The molecule has 2 N–H and O–H groups in total. The molecule has 1 aliphatic rings. The number of carboxylic acids is 1. The van der Waals surface area contributed by atoms with Gasteiger partial charge < -0.3 is 24.6 Å². The highest BCUT2D eigenvalue weighted by atomic mass is 16.6. The second-order valence-corrected chi connectivity index (χ2v) is 8.63. The fourth-order valence-electron chi connectivity index (χ4n) is 4.02. The number of aliphatic carboxylic acids is 1. The van der Waals surface area contributed by atoms with Gasteiger partial charge in [0.15, 0.2) is 0 Å². The number of nitrogens with zero attached hydrogens (tertiary/aromatic N) is 4. The molecule has 0 bridgehead atoms. The molecule has 3 aromatic rings. The van der Waals surface area contributed by atoms with Gasteiger partial charge in [-0.1, -0.05) is 42.5 Å². The lowest BCUT2D eigenvalue weighted by Gasteiger charge is -2.20. The van der Waals surface area contributed by atoms with Crippen LogP contribution in [0.2, 0.25) is 0 Å². The van der Waals surface area contributed by atoms with Crippen LogP contribution in [0, 0.1) is 0 Å². The van der Waals surface area contributed by atoms with E-state index in [0.29, 0.717) is 36.4 Å². The molecule has 0 saturated heterocycles. The van der Waals surface area contributed by atoms with Crippen LogP contribution in [-0.2, 0) is 28.9 Å². The summed E-state index contributed by atoms with van der Waals surface area (Å²) in [5.41, 5.74) is 1.74. The third-order valence-electron chi connectivity index (χ3n) is 5.85. The molecule has 1 aromatic heterocycles. The van der Waals surface area contributed by atoms with Crippen molar-refractivity contribution in [3.05, 3.63) is 77.4 Å². The number of carbonyl (C=O) groups excluding carboxylic acids is 2. The summed E-state index contributed by atoms with van der Waals surface area (Å²) in [7, 11) is 3.16. The number of carbonyl (C=O) groups is 3. The lowest BCUT2D eigenvalue weighted by atomic mass is 10.0. The summed E-state index contributed by atoms with van der Waals surface area (Å²) < 4.78 is 7.01. The number of hydrogen-bond donors (Lipinski definition) is 2. The summed E-state index contributed by atoms with van der Waals surface area (Å²) in [6, 6.07) is 14.6. The molecular formula is C25H27N5O5. The first-order chi connectivity index (χ1) is 16.8. The SMILES string of the molecule is CN(C)C(=O)Oc1ccc(CC(NC(=O)C2CCc3nnc(Cc4ccccc4)n32)C(=O)O)cc1. The molecule has 35 heavy (non-hydrogen) atoms. The number of hydrogen-bond acceptors (Lipinski definition) is 6. The van der Waals surface area contributed by atoms with Crippen LogP contribution in [-0.4, -0.2) is 62.9 Å². The van der Waals surface area contributed by atoms with Crippen LogP contribution < -0.4 is 10.1 Å². The van der Waals surface area contributed by atoms with E-state index in [9.17, 15) is 19.5 Å². The highest BCUT2D eigenvalue weighted by Gasteiger charge is 2.34. The van der Waals surface area contributed by atoms with Crippen LogP contribution in [0.5, 0.6) is 5.75 Å². The molecule has 1 aliphatic heterocycles. The molecular weight excluding hydrogens is 450 g/mol. The Balaban J connectivity index is 1.43. The van der Waals surface area contributed by atoms with E-state index in [2.05, 4.69) is 15.5 Å². The molecule has 10 heteroatoms. The topological polar surface area (TPSA) is 127 Å². The van der Waals surface area contributed by atoms with Gasteiger partial charge in [0.1, 0.15) is 29.5 Å². The van der Waals surface area contributed by atoms with E-state index in [0.717, 1.165) is 11.4 Å². The average molecular weight is 478 g/mol. The Morgan fingerprint density at radius 1 is 1.09 bits per heavy atom. The number of amides is 2. The van der Waals surface area contributed by atoms with Crippen molar-refractivity contribution in [1.29, 1.82) is 0 Å². The lowest BCUT2D eigenvalue weighted by molar-refractivity contribution is -0.142. The molecule has 2 aromatic carbocycles. The molecule has 10 nitrogen and oxygen atoms in total. The summed E-state index contributed by atoms with van der Waals surface area (Å²) in [5, 5.41) is 20.9. The minimum Gasteiger partial charge on any atom is -0.480 e. The standard InChI is InChI=1S/C25H27N5O5/c1-29(2)25(34)35-18-10-8-17(9-11-18)14-19(24(32)33)26-23(31)20-12-13-21-27-28-22(30(20)21)15-16-6-4-3-5-7-16/h3-11,19-20H,12-15H2,1-2H3,(H,26,31)(H,32,33). The monoisotopic (exact) mass is 477 g/mol. The summed E-state index contributed by atoms with van der Waals surface area (Å²) >= 11 is 0. The maximum atomic E-state index is 13.1. The Kier molecular flexibility index (Phi) is 7.09. The van der Waals surface area contributed by atoms with E-state index in [4.69, 9.17) is 4.74 Å². The first-order valence-electron chi connectivity index (χ1n) is 11.3. The Bertz CT molecular complexity index is 1210. The van der Waals surface area contributed by atoms with E-state index < -0.39 is 24.1 Å². The van der Waals surface area contributed by atoms with Gasteiger partial charge in [0, 0.05) is 33.4 Å². The Morgan fingerprint density at radius 3 is 2.46 bits per heavy atom. The van der Waals surface area contributed by atoms with Crippen LogP contribution in [0.1, 0.15) is 35.2 Å². The molecule has 0 fully saturated rings. The molecule has 0 saturated carbocycles. The quantitative estimate of drug-likeness (QED) is 0.509. The van der Waals surface area contributed by atoms with E-state index in [1.165, 1.54) is 4.90 Å². The first-order valence-corrected chi connectivity index (χ1v) is 11.3. The summed E-state index contributed by atoms with van der Waals surface area (Å²) in [6.45, 7) is 0. The second kappa shape index (κ2) is 10.4. The molecule has 2 amide bonds. The maximum absolute atomic E-state index is 13.1. The molecule has 0 aliphatic carbocycles. The molecule has 2 atom stereocenters. The number of aromatic nitrogens is 3. The van der Waals surface area contributed by atoms with Crippen molar-refractivity contribution < 1.29 is 24.2 Å². The largest absolute Gasteiger partial charge is 0.480 e. The Morgan fingerprint density at radius 2 is 1.80 bits per heavy atom. The van der Waals surface area contributed by atoms with E-state index >= 15 is 0 Å². The number of fused-ring (bicyclic) bond motifs is 1. The number of rotatable bonds is 8. The zero-order valence-corrected chi connectivity index (χ0v) is 19.5. The minimum atomic E-state index is -1.13. The smallest absolute Gasteiger partial charge is 0.414 e. The van der Waals surface area contributed by atoms with Crippen LogP contribution >= 0.6 is 0 Å². The number of ether oxygens (including phenoxy) is 1. The van der Waals surface area contributed by atoms with Gasteiger partial charge in [-0.2, -0.15) is 0 Å². The average Bonchev–Trinajstić information content (AvgIpc) is 3.43. The molecule has 0 radical (unpaired) electrons. The Hall–Kier alpha value is -4.21. The van der Waals surface area contributed by atoms with Crippen molar-refractivity contribution in [2.75, 3.05) is 14.1 Å².